The molecule has 1 heterocycles. The zero-order chi connectivity index (χ0) is 13.3. The predicted octanol–water partition coefficient (Wildman–Crippen LogP) is 0.571. The van der Waals surface area contributed by atoms with Gasteiger partial charge in [-0.3, -0.25) is 4.57 Å². The average Bonchev–Trinajstić information content (AvgIpc) is 2.63. The van der Waals surface area contributed by atoms with Crippen LogP contribution >= 0.6 is 0 Å². The summed E-state index contributed by atoms with van der Waals surface area (Å²) in [5.74, 6) is -0.393. The number of sulfonamides is 1. The first-order chi connectivity index (χ1) is 8.43. The Balaban J connectivity index is 2.30. The van der Waals surface area contributed by atoms with Crippen molar-refractivity contribution in [3.8, 4) is 0 Å². The van der Waals surface area contributed by atoms with Crippen LogP contribution in [0.3, 0.4) is 0 Å². The Morgan fingerprint density at radius 3 is 2.78 bits per heavy atom. The number of nitrogens with one attached hydrogen (secondary N) is 1. The van der Waals surface area contributed by atoms with E-state index in [0.717, 1.165) is 5.56 Å². The molecule has 2 rings (SSSR count). The van der Waals surface area contributed by atoms with Crippen LogP contribution in [0.4, 0.5) is 0 Å². The van der Waals surface area contributed by atoms with Gasteiger partial charge in [-0.1, -0.05) is 6.07 Å². The summed E-state index contributed by atoms with van der Waals surface area (Å²) in [6.07, 6.45) is 0. The van der Waals surface area contributed by atoms with Gasteiger partial charge in [0.25, 0.3) is 0 Å². The monoisotopic (exact) mass is 270 g/mol. The molecule has 0 saturated carbocycles. The van der Waals surface area contributed by atoms with E-state index in [0.29, 0.717) is 11.1 Å². The Kier molecular flexibility index (Phi) is 3.27. The van der Waals surface area contributed by atoms with Crippen LogP contribution in [0.5, 0.6) is 0 Å². The Hall–Kier alpha value is -1.60. The van der Waals surface area contributed by atoms with E-state index in [-0.39, 0.29) is 12.3 Å². The molecule has 6 nitrogen and oxygen atoms in total. The van der Waals surface area contributed by atoms with E-state index in [2.05, 4.69) is 4.72 Å². The van der Waals surface area contributed by atoms with Crippen LogP contribution < -0.4 is 10.5 Å². The van der Waals surface area contributed by atoms with Crippen molar-refractivity contribution in [2.24, 2.45) is 7.05 Å². The highest BCUT2D eigenvalue weighted by Gasteiger charge is 2.09. The van der Waals surface area contributed by atoms with Gasteiger partial charge in [0.2, 0.25) is 10.0 Å². The predicted molar refractivity (Wildman–Crippen MR) is 67.8 cm³/mol. The quantitative estimate of drug-likeness (QED) is 0.880. The van der Waals surface area contributed by atoms with Crippen molar-refractivity contribution < 1.29 is 12.8 Å². The van der Waals surface area contributed by atoms with Crippen LogP contribution in [0.1, 0.15) is 12.5 Å². The van der Waals surface area contributed by atoms with Crippen molar-refractivity contribution in [1.29, 1.82) is 0 Å². The second kappa shape index (κ2) is 4.58. The first kappa shape index (κ1) is 12.8. The van der Waals surface area contributed by atoms with Crippen LogP contribution in [0, 0.1) is 0 Å². The molecule has 0 atom stereocenters. The topological polar surface area (TPSA) is 81.3 Å². The lowest BCUT2D eigenvalue weighted by atomic mass is 10.2. The van der Waals surface area contributed by atoms with Gasteiger partial charge in [-0.2, -0.15) is 0 Å². The highest BCUT2D eigenvalue weighted by Crippen LogP contribution is 2.14. The Labute approximate surface area is 104 Å². The fourth-order valence-electron chi connectivity index (χ4n) is 1.58. The number of rotatable bonds is 4. The number of hydrogen-bond donors (Lipinski definition) is 1. The molecule has 1 aromatic heterocycles. The molecule has 0 aliphatic heterocycles. The molecule has 0 aliphatic carbocycles. The van der Waals surface area contributed by atoms with E-state index in [4.69, 9.17) is 4.42 Å². The van der Waals surface area contributed by atoms with Gasteiger partial charge in [0, 0.05) is 13.6 Å². The van der Waals surface area contributed by atoms with Crippen LogP contribution in [0.15, 0.2) is 27.4 Å². The Morgan fingerprint density at radius 2 is 2.11 bits per heavy atom. The normalized spacial score (nSPS) is 12.1. The largest absolute Gasteiger partial charge is 0.419 e. The fourth-order valence-corrected chi connectivity index (χ4v) is 2.17. The third-order valence-corrected chi connectivity index (χ3v) is 4.08. The van der Waals surface area contributed by atoms with Gasteiger partial charge in [-0.25, -0.2) is 17.9 Å². The van der Waals surface area contributed by atoms with Gasteiger partial charge < -0.3 is 4.42 Å². The van der Waals surface area contributed by atoms with Gasteiger partial charge in [-0.15, -0.1) is 0 Å². The molecule has 0 radical (unpaired) electrons. The first-order valence-corrected chi connectivity index (χ1v) is 7.14. The number of aryl methyl sites for hydroxylation is 1. The molecular formula is C11H14N2O4S. The van der Waals surface area contributed by atoms with Crippen molar-refractivity contribution in [1.82, 2.24) is 9.29 Å². The third kappa shape index (κ3) is 2.46. The Bertz CT molecular complexity index is 727. The lowest BCUT2D eigenvalue weighted by Crippen LogP contribution is -2.24. The molecule has 18 heavy (non-hydrogen) atoms. The highest BCUT2D eigenvalue weighted by atomic mass is 32.2. The molecular weight excluding hydrogens is 256 g/mol. The lowest BCUT2D eigenvalue weighted by molar-refractivity contribution is 0.528. The summed E-state index contributed by atoms with van der Waals surface area (Å²) >= 11 is 0. The standard InChI is InChI=1S/C11H14N2O4S/c1-3-18(15,16)12-7-8-4-5-10-9(6-8)13(2)11(14)17-10/h4-6,12H,3,7H2,1-2H3. The minimum Gasteiger partial charge on any atom is -0.408 e. The molecule has 0 saturated heterocycles. The molecule has 7 heteroatoms. The van der Waals surface area contributed by atoms with Crippen LogP contribution in [-0.2, 0) is 23.6 Å². The van der Waals surface area contributed by atoms with E-state index in [1.54, 1.807) is 32.2 Å². The minimum atomic E-state index is -3.22. The maximum Gasteiger partial charge on any atom is 0.419 e. The molecule has 0 spiro atoms. The highest BCUT2D eigenvalue weighted by molar-refractivity contribution is 7.89. The van der Waals surface area contributed by atoms with Gasteiger partial charge >= 0.3 is 5.76 Å². The molecule has 2 aromatic rings. The molecule has 0 amide bonds. The molecule has 0 aliphatic rings. The van der Waals surface area contributed by atoms with Gasteiger partial charge in [0.05, 0.1) is 11.3 Å². The van der Waals surface area contributed by atoms with Crippen LogP contribution in [-0.4, -0.2) is 18.7 Å². The van der Waals surface area contributed by atoms with Crippen molar-refractivity contribution in [3.63, 3.8) is 0 Å². The number of nitrogens with zero attached hydrogens (tertiary/aromatic N) is 1. The summed E-state index contributed by atoms with van der Waals surface area (Å²) < 4.78 is 31.5. The van der Waals surface area contributed by atoms with Crippen molar-refractivity contribution >= 4 is 21.1 Å². The van der Waals surface area contributed by atoms with E-state index in [1.807, 2.05) is 0 Å². The van der Waals surface area contributed by atoms with Gasteiger partial charge in [-0.05, 0) is 24.6 Å². The van der Waals surface area contributed by atoms with E-state index in [9.17, 15) is 13.2 Å². The number of hydrogen-bond acceptors (Lipinski definition) is 4. The molecule has 1 aromatic carbocycles. The molecule has 1 N–H and O–H groups in total. The van der Waals surface area contributed by atoms with Crippen molar-refractivity contribution in [3.05, 3.63) is 34.3 Å². The maximum absolute atomic E-state index is 11.3. The van der Waals surface area contributed by atoms with Crippen LogP contribution in [0.2, 0.25) is 0 Å². The van der Waals surface area contributed by atoms with E-state index >= 15 is 0 Å². The molecule has 0 fully saturated rings. The van der Waals surface area contributed by atoms with Gasteiger partial charge in [0.15, 0.2) is 5.58 Å². The second-order valence-electron chi connectivity index (χ2n) is 3.95. The van der Waals surface area contributed by atoms with E-state index < -0.39 is 15.8 Å². The third-order valence-electron chi connectivity index (χ3n) is 2.73. The smallest absolute Gasteiger partial charge is 0.408 e. The van der Waals surface area contributed by atoms with Gasteiger partial charge in [0.1, 0.15) is 0 Å². The van der Waals surface area contributed by atoms with E-state index in [1.165, 1.54) is 4.57 Å². The molecule has 0 unspecified atom stereocenters. The summed E-state index contributed by atoms with van der Waals surface area (Å²) in [5.41, 5.74) is 1.91. The van der Waals surface area contributed by atoms with Crippen molar-refractivity contribution in [2.45, 2.75) is 13.5 Å². The second-order valence-corrected chi connectivity index (χ2v) is 6.05. The average molecular weight is 270 g/mol. The zero-order valence-electron chi connectivity index (χ0n) is 10.1. The number of fused-ring (bicyclic) bond motifs is 1. The summed E-state index contributed by atoms with van der Waals surface area (Å²) in [5, 5.41) is 0. The Morgan fingerprint density at radius 1 is 1.39 bits per heavy atom. The summed E-state index contributed by atoms with van der Waals surface area (Å²) in [6.45, 7) is 1.77. The summed E-state index contributed by atoms with van der Waals surface area (Å²) in [6, 6.07) is 5.12. The number of benzene rings is 1. The zero-order valence-corrected chi connectivity index (χ0v) is 11.0. The molecule has 98 valence electrons. The fraction of sp³-hybridized carbons (Fsp3) is 0.364. The lowest BCUT2D eigenvalue weighted by Gasteiger charge is -2.04. The maximum atomic E-state index is 11.3. The summed E-state index contributed by atoms with van der Waals surface area (Å²) in [7, 11) is -1.61. The molecule has 0 bridgehead atoms. The number of aromatic nitrogens is 1. The minimum absolute atomic E-state index is 0.0411. The van der Waals surface area contributed by atoms with Crippen molar-refractivity contribution in [2.75, 3.05) is 5.75 Å². The SMILES string of the molecule is CCS(=O)(=O)NCc1ccc2oc(=O)n(C)c2c1. The van der Waals surface area contributed by atoms with Crippen LogP contribution in [0.25, 0.3) is 11.1 Å². The number of oxazole rings is 1. The summed E-state index contributed by atoms with van der Waals surface area (Å²) in [4.78, 5) is 11.3. The first-order valence-electron chi connectivity index (χ1n) is 5.49.